The second kappa shape index (κ2) is 5.90. The van der Waals surface area contributed by atoms with Crippen LogP contribution < -0.4 is 9.62 Å². The van der Waals surface area contributed by atoms with Gasteiger partial charge in [-0.1, -0.05) is 6.92 Å². The monoisotopic (exact) mass is 210 g/mol. The molecular weight excluding hydrogens is 196 g/mol. The average molecular weight is 210 g/mol. The van der Waals surface area contributed by atoms with Crippen LogP contribution >= 0.6 is 0 Å². The van der Waals surface area contributed by atoms with Crippen LogP contribution in [0.4, 0.5) is 0 Å². The van der Waals surface area contributed by atoms with Crippen molar-refractivity contribution in [3.63, 3.8) is 0 Å². The predicted octanol–water partition coefficient (Wildman–Crippen LogP) is 2.33. The lowest BCUT2D eigenvalue weighted by molar-refractivity contribution is -0.213. The van der Waals surface area contributed by atoms with Crippen molar-refractivity contribution in [1.82, 2.24) is 0 Å². The summed E-state index contributed by atoms with van der Waals surface area (Å²) in [7, 11) is 1.58. The van der Waals surface area contributed by atoms with Gasteiger partial charge in [-0.2, -0.15) is 0 Å². The van der Waals surface area contributed by atoms with Crippen LogP contribution in [0.1, 0.15) is 19.8 Å². The van der Waals surface area contributed by atoms with E-state index in [4.69, 9.17) is 9.62 Å². The van der Waals surface area contributed by atoms with Crippen LogP contribution in [0, 0.1) is 0 Å². The minimum atomic E-state index is -0.367. The molecule has 0 aromatic heterocycles. The summed E-state index contributed by atoms with van der Waals surface area (Å²) in [5, 5.41) is 0. The van der Waals surface area contributed by atoms with Crippen molar-refractivity contribution in [3.05, 3.63) is 24.3 Å². The lowest BCUT2D eigenvalue weighted by Crippen LogP contribution is -2.06. The van der Waals surface area contributed by atoms with E-state index in [-0.39, 0.29) is 5.97 Å². The molecule has 1 rings (SSSR count). The van der Waals surface area contributed by atoms with E-state index in [1.165, 1.54) is 0 Å². The van der Waals surface area contributed by atoms with Gasteiger partial charge in [-0.05, 0) is 30.7 Å². The molecule has 0 aliphatic rings. The summed E-state index contributed by atoms with van der Waals surface area (Å²) < 4.78 is 4.97. The first kappa shape index (κ1) is 11.4. The van der Waals surface area contributed by atoms with Crippen LogP contribution in [0.3, 0.4) is 0 Å². The molecule has 82 valence electrons. The van der Waals surface area contributed by atoms with Crippen LogP contribution in [0.5, 0.6) is 11.5 Å². The molecule has 0 aliphatic carbocycles. The van der Waals surface area contributed by atoms with Crippen molar-refractivity contribution >= 4 is 5.97 Å². The van der Waals surface area contributed by atoms with Gasteiger partial charge in [-0.25, -0.2) is 4.79 Å². The van der Waals surface area contributed by atoms with Gasteiger partial charge in [-0.15, -0.1) is 0 Å². The lowest BCUT2D eigenvalue weighted by Gasteiger charge is -2.04. The first-order valence-electron chi connectivity index (χ1n) is 4.77. The summed E-state index contributed by atoms with van der Waals surface area (Å²) in [4.78, 5) is 20.3. The zero-order chi connectivity index (χ0) is 11.1. The summed E-state index contributed by atoms with van der Waals surface area (Å²) in [6.07, 6.45) is 1.10. The second-order valence-corrected chi connectivity index (χ2v) is 2.96. The molecule has 0 unspecified atom stereocenters. The van der Waals surface area contributed by atoms with Gasteiger partial charge in [0.2, 0.25) is 0 Å². The Morgan fingerprint density at radius 2 is 1.80 bits per heavy atom. The molecule has 1 aromatic carbocycles. The van der Waals surface area contributed by atoms with Crippen LogP contribution in [0.2, 0.25) is 0 Å². The minimum absolute atomic E-state index is 0.357. The van der Waals surface area contributed by atoms with Gasteiger partial charge in [-0.3, -0.25) is 9.78 Å². The first-order valence-corrected chi connectivity index (χ1v) is 4.77. The highest BCUT2D eigenvalue weighted by Gasteiger charge is 2.03. The summed E-state index contributed by atoms with van der Waals surface area (Å²) in [6, 6.07) is 6.78. The smallest absolute Gasteiger partial charge is 0.355 e. The maximum absolute atomic E-state index is 11.0. The zero-order valence-electron chi connectivity index (χ0n) is 8.86. The predicted molar refractivity (Wildman–Crippen MR) is 54.6 cm³/mol. The fourth-order valence-corrected chi connectivity index (χ4v) is 0.972. The molecule has 0 atom stereocenters. The molecule has 15 heavy (non-hydrogen) atoms. The highest BCUT2D eigenvalue weighted by molar-refractivity contribution is 5.68. The molecule has 0 heterocycles. The number of carbonyl (C=O) groups excluding carboxylic acids is 1. The molecular formula is C11H14O4. The van der Waals surface area contributed by atoms with Crippen molar-refractivity contribution < 1.29 is 19.3 Å². The fourth-order valence-electron chi connectivity index (χ4n) is 0.972. The molecule has 0 saturated heterocycles. The van der Waals surface area contributed by atoms with Gasteiger partial charge in [0.05, 0.1) is 7.11 Å². The normalized spacial score (nSPS) is 9.47. The van der Waals surface area contributed by atoms with E-state index in [1.807, 2.05) is 6.92 Å². The largest absolute Gasteiger partial charge is 0.497 e. The fraction of sp³-hybridized carbons (Fsp3) is 0.364. The van der Waals surface area contributed by atoms with Crippen molar-refractivity contribution in [2.24, 2.45) is 0 Å². The van der Waals surface area contributed by atoms with E-state index in [0.717, 1.165) is 12.2 Å². The first-order chi connectivity index (χ1) is 7.26. The number of methoxy groups -OCH3 is 1. The number of hydrogen-bond donors (Lipinski definition) is 0. The second-order valence-electron chi connectivity index (χ2n) is 2.96. The number of carbonyl (C=O) groups is 1. The SMILES string of the molecule is CCCC(=O)OOc1ccc(OC)cc1. The molecule has 0 bridgehead atoms. The van der Waals surface area contributed by atoms with Gasteiger partial charge >= 0.3 is 5.97 Å². The van der Waals surface area contributed by atoms with Gasteiger partial charge < -0.3 is 4.74 Å². The topological polar surface area (TPSA) is 44.8 Å². The highest BCUT2D eigenvalue weighted by atomic mass is 17.2. The molecule has 0 radical (unpaired) electrons. The summed E-state index contributed by atoms with van der Waals surface area (Å²) in [5.41, 5.74) is 0. The van der Waals surface area contributed by atoms with Crippen molar-refractivity contribution in [1.29, 1.82) is 0 Å². The van der Waals surface area contributed by atoms with Crippen LogP contribution in [0.15, 0.2) is 24.3 Å². The maximum atomic E-state index is 11.0. The molecule has 0 fully saturated rings. The Hall–Kier alpha value is -1.71. The van der Waals surface area contributed by atoms with Gasteiger partial charge in [0.1, 0.15) is 5.75 Å². The average Bonchev–Trinajstić information content (AvgIpc) is 2.27. The quantitative estimate of drug-likeness (QED) is 0.552. The van der Waals surface area contributed by atoms with E-state index in [1.54, 1.807) is 31.4 Å². The number of rotatable bonds is 5. The maximum Gasteiger partial charge on any atom is 0.355 e. The Bertz CT molecular complexity index is 305. The van der Waals surface area contributed by atoms with Gasteiger partial charge in [0, 0.05) is 6.42 Å². The van der Waals surface area contributed by atoms with E-state index in [0.29, 0.717) is 12.2 Å². The van der Waals surface area contributed by atoms with Gasteiger partial charge in [0.15, 0.2) is 5.75 Å². The third-order valence-corrected chi connectivity index (χ3v) is 1.74. The van der Waals surface area contributed by atoms with Crippen LogP contribution in [-0.2, 0) is 9.68 Å². The Morgan fingerprint density at radius 3 is 2.33 bits per heavy atom. The zero-order valence-corrected chi connectivity index (χ0v) is 8.86. The van der Waals surface area contributed by atoms with E-state index in [2.05, 4.69) is 4.89 Å². The Kier molecular flexibility index (Phi) is 4.47. The van der Waals surface area contributed by atoms with Crippen molar-refractivity contribution in [2.75, 3.05) is 7.11 Å². The molecule has 0 saturated carbocycles. The van der Waals surface area contributed by atoms with Crippen LogP contribution in [-0.4, -0.2) is 13.1 Å². The third-order valence-electron chi connectivity index (χ3n) is 1.74. The van der Waals surface area contributed by atoms with E-state index in [9.17, 15) is 4.79 Å². The lowest BCUT2D eigenvalue weighted by atomic mass is 10.3. The van der Waals surface area contributed by atoms with Gasteiger partial charge in [0.25, 0.3) is 0 Å². The summed E-state index contributed by atoms with van der Waals surface area (Å²) in [6.45, 7) is 1.90. The molecule has 1 aromatic rings. The molecule has 0 aliphatic heterocycles. The molecule has 4 nitrogen and oxygen atoms in total. The van der Waals surface area contributed by atoms with Crippen molar-refractivity contribution in [2.45, 2.75) is 19.8 Å². The summed E-state index contributed by atoms with van der Waals surface area (Å²) >= 11 is 0. The Balaban J connectivity index is 2.40. The third kappa shape index (κ3) is 3.89. The molecule has 0 amide bonds. The van der Waals surface area contributed by atoms with Crippen LogP contribution in [0.25, 0.3) is 0 Å². The van der Waals surface area contributed by atoms with E-state index >= 15 is 0 Å². The van der Waals surface area contributed by atoms with E-state index < -0.39 is 0 Å². The number of benzene rings is 1. The summed E-state index contributed by atoms with van der Waals surface area (Å²) in [5.74, 6) is 0.829. The standard InChI is InChI=1S/C11H14O4/c1-3-4-11(12)15-14-10-7-5-9(13-2)6-8-10/h5-8H,3-4H2,1-2H3. The highest BCUT2D eigenvalue weighted by Crippen LogP contribution is 2.17. The Morgan fingerprint density at radius 1 is 1.20 bits per heavy atom. The number of ether oxygens (including phenoxy) is 1. The molecule has 0 spiro atoms. The molecule has 4 heteroatoms. The molecule has 0 N–H and O–H groups in total. The number of hydrogen-bond acceptors (Lipinski definition) is 4. The minimum Gasteiger partial charge on any atom is -0.497 e. The Labute approximate surface area is 88.7 Å². The van der Waals surface area contributed by atoms with Crippen molar-refractivity contribution in [3.8, 4) is 11.5 Å².